The van der Waals surface area contributed by atoms with E-state index in [1.165, 1.54) is 6.08 Å². The largest absolute Gasteiger partial charge is 0.451 e. The van der Waals surface area contributed by atoms with E-state index in [4.69, 9.17) is 4.74 Å². The normalized spacial score (nSPS) is 12.6. The lowest BCUT2D eigenvalue weighted by molar-refractivity contribution is -0.140. The standard InChI is InChI=1S/C21H23N3O3/c1-12-16(14(3)24(5)23-12)10-11-19(25)27-15(4)21(26)20-13(2)22-18-9-7-6-8-17(18)20/h6-11,15,22H,1-5H3/b11-10-/t15-/m1/s1. The summed E-state index contributed by atoms with van der Waals surface area (Å²) < 4.78 is 7.09. The van der Waals surface area contributed by atoms with Crippen LogP contribution in [-0.2, 0) is 16.6 Å². The summed E-state index contributed by atoms with van der Waals surface area (Å²) >= 11 is 0. The number of aromatic amines is 1. The Morgan fingerprint density at radius 1 is 1.22 bits per heavy atom. The predicted molar refractivity (Wildman–Crippen MR) is 105 cm³/mol. The maximum absolute atomic E-state index is 12.8. The first kappa shape index (κ1) is 18.6. The van der Waals surface area contributed by atoms with Gasteiger partial charge in [0, 0.05) is 46.5 Å². The first-order valence-corrected chi connectivity index (χ1v) is 8.80. The number of rotatable bonds is 5. The Balaban J connectivity index is 1.75. The highest BCUT2D eigenvalue weighted by Crippen LogP contribution is 2.24. The van der Waals surface area contributed by atoms with Crippen LogP contribution in [0.5, 0.6) is 0 Å². The third kappa shape index (κ3) is 3.56. The summed E-state index contributed by atoms with van der Waals surface area (Å²) in [5, 5.41) is 5.14. The molecule has 0 bridgehead atoms. The molecular formula is C21H23N3O3. The van der Waals surface area contributed by atoms with Crippen LogP contribution in [0.1, 0.15) is 39.9 Å². The number of aromatic nitrogens is 3. The zero-order valence-electron chi connectivity index (χ0n) is 16.2. The number of nitrogens with one attached hydrogen (secondary N) is 1. The second-order valence-electron chi connectivity index (χ2n) is 6.66. The topological polar surface area (TPSA) is 77.0 Å². The fourth-order valence-electron chi connectivity index (χ4n) is 3.25. The molecule has 0 amide bonds. The highest BCUT2D eigenvalue weighted by Gasteiger charge is 2.23. The van der Waals surface area contributed by atoms with E-state index in [1.807, 2.05) is 52.1 Å². The van der Waals surface area contributed by atoms with Crippen molar-refractivity contribution in [1.82, 2.24) is 14.8 Å². The summed E-state index contributed by atoms with van der Waals surface area (Å²) in [4.78, 5) is 28.2. The highest BCUT2D eigenvalue weighted by molar-refractivity contribution is 6.11. The van der Waals surface area contributed by atoms with E-state index < -0.39 is 12.1 Å². The zero-order valence-corrected chi connectivity index (χ0v) is 16.2. The molecule has 0 aliphatic rings. The molecule has 3 rings (SSSR count). The van der Waals surface area contributed by atoms with E-state index in [0.29, 0.717) is 5.56 Å². The number of aryl methyl sites for hydroxylation is 3. The van der Waals surface area contributed by atoms with E-state index in [0.717, 1.165) is 33.5 Å². The Morgan fingerprint density at radius 3 is 2.59 bits per heavy atom. The molecule has 2 heterocycles. The minimum atomic E-state index is -0.879. The van der Waals surface area contributed by atoms with Crippen LogP contribution in [0.3, 0.4) is 0 Å². The monoisotopic (exact) mass is 365 g/mol. The SMILES string of the molecule is Cc1nn(C)c(C)c1/C=C\C(=O)O[C@H](C)C(=O)c1c(C)[nH]c2ccccc12. The number of H-pyrrole nitrogens is 1. The average Bonchev–Trinajstić information content (AvgIpc) is 3.07. The Hall–Kier alpha value is -3.15. The Kier molecular flexibility index (Phi) is 4.99. The summed E-state index contributed by atoms with van der Waals surface area (Å²) in [6.07, 6.45) is 2.13. The molecule has 6 heteroatoms. The number of carbonyl (C=O) groups is 2. The zero-order chi connectivity index (χ0) is 19.7. The van der Waals surface area contributed by atoms with Crippen molar-refractivity contribution in [3.05, 3.63) is 58.6 Å². The molecule has 140 valence electrons. The minimum Gasteiger partial charge on any atom is -0.451 e. The van der Waals surface area contributed by atoms with Crippen LogP contribution >= 0.6 is 0 Å². The lowest BCUT2D eigenvalue weighted by atomic mass is 10.0. The van der Waals surface area contributed by atoms with E-state index in [2.05, 4.69) is 10.1 Å². The van der Waals surface area contributed by atoms with Gasteiger partial charge in [0.25, 0.3) is 0 Å². The Labute approximate surface area is 157 Å². The molecule has 0 radical (unpaired) electrons. The molecule has 0 fully saturated rings. The van der Waals surface area contributed by atoms with Gasteiger partial charge < -0.3 is 9.72 Å². The van der Waals surface area contributed by atoms with Crippen LogP contribution in [0.4, 0.5) is 0 Å². The lowest BCUT2D eigenvalue weighted by Crippen LogP contribution is -2.24. The number of fused-ring (bicyclic) bond motifs is 1. The van der Waals surface area contributed by atoms with Gasteiger partial charge in [0.1, 0.15) is 0 Å². The number of para-hydroxylation sites is 1. The van der Waals surface area contributed by atoms with Gasteiger partial charge >= 0.3 is 5.97 Å². The van der Waals surface area contributed by atoms with Gasteiger partial charge in [0.05, 0.1) is 5.69 Å². The van der Waals surface area contributed by atoms with Crippen LogP contribution in [0.25, 0.3) is 17.0 Å². The summed E-state index contributed by atoms with van der Waals surface area (Å²) in [6.45, 7) is 7.24. The van der Waals surface area contributed by atoms with Gasteiger partial charge in [-0.2, -0.15) is 5.10 Å². The molecule has 27 heavy (non-hydrogen) atoms. The third-order valence-electron chi connectivity index (χ3n) is 4.75. The van der Waals surface area contributed by atoms with Gasteiger partial charge in [-0.1, -0.05) is 18.2 Å². The molecule has 0 spiro atoms. The van der Waals surface area contributed by atoms with Crippen molar-refractivity contribution in [3.8, 4) is 0 Å². The lowest BCUT2D eigenvalue weighted by Gasteiger charge is -2.11. The third-order valence-corrected chi connectivity index (χ3v) is 4.75. The van der Waals surface area contributed by atoms with Crippen molar-refractivity contribution in [2.24, 2.45) is 7.05 Å². The van der Waals surface area contributed by atoms with Crippen molar-refractivity contribution < 1.29 is 14.3 Å². The predicted octanol–water partition coefficient (Wildman–Crippen LogP) is 3.65. The van der Waals surface area contributed by atoms with Gasteiger partial charge in [-0.25, -0.2) is 4.79 Å². The fraction of sp³-hybridized carbons (Fsp3) is 0.286. The molecule has 0 aliphatic carbocycles. The molecule has 0 saturated carbocycles. The van der Waals surface area contributed by atoms with Gasteiger partial charge in [-0.05, 0) is 39.8 Å². The maximum atomic E-state index is 12.8. The molecule has 0 aliphatic heterocycles. The van der Waals surface area contributed by atoms with E-state index in [9.17, 15) is 9.59 Å². The molecular weight excluding hydrogens is 342 g/mol. The van der Waals surface area contributed by atoms with Crippen LogP contribution < -0.4 is 0 Å². The minimum absolute atomic E-state index is 0.222. The van der Waals surface area contributed by atoms with Gasteiger partial charge in [0.15, 0.2) is 6.10 Å². The number of esters is 1. The highest BCUT2D eigenvalue weighted by atomic mass is 16.5. The number of Topliss-reactive ketones (excluding diaryl/α,β-unsaturated/α-hetero) is 1. The number of hydrogen-bond acceptors (Lipinski definition) is 4. The van der Waals surface area contributed by atoms with Gasteiger partial charge in [-0.3, -0.25) is 9.48 Å². The molecule has 6 nitrogen and oxygen atoms in total. The summed E-state index contributed by atoms with van der Waals surface area (Å²) in [7, 11) is 1.85. The second-order valence-corrected chi connectivity index (χ2v) is 6.66. The summed E-state index contributed by atoms with van der Waals surface area (Å²) in [5.74, 6) is -0.781. The van der Waals surface area contributed by atoms with Crippen molar-refractivity contribution in [1.29, 1.82) is 0 Å². The number of carbonyl (C=O) groups excluding carboxylic acids is 2. The Morgan fingerprint density at radius 2 is 1.93 bits per heavy atom. The van der Waals surface area contributed by atoms with E-state index in [-0.39, 0.29) is 5.78 Å². The van der Waals surface area contributed by atoms with Crippen molar-refractivity contribution in [2.45, 2.75) is 33.8 Å². The number of hydrogen-bond donors (Lipinski definition) is 1. The van der Waals surface area contributed by atoms with Crippen molar-refractivity contribution in [2.75, 3.05) is 0 Å². The van der Waals surface area contributed by atoms with Gasteiger partial charge in [0.2, 0.25) is 5.78 Å². The van der Waals surface area contributed by atoms with E-state index >= 15 is 0 Å². The summed E-state index contributed by atoms with van der Waals surface area (Å²) in [5.41, 5.74) is 4.88. The molecule has 1 N–H and O–H groups in total. The second kappa shape index (κ2) is 7.23. The number of nitrogens with zero attached hydrogens (tertiary/aromatic N) is 2. The first-order valence-electron chi connectivity index (χ1n) is 8.80. The van der Waals surface area contributed by atoms with Crippen LogP contribution in [0.2, 0.25) is 0 Å². The van der Waals surface area contributed by atoms with E-state index in [1.54, 1.807) is 17.7 Å². The number of ketones is 1. The molecule has 1 aromatic carbocycles. The van der Waals surface area contributed by atoms with Gasteiger partial charge in [-0.15, -0.1) is 0 Å². The number of benzene rings is 1. The fourth-order valence-corrected chi connectivity index (χ4v) is 3.25. The number of ether oxygens (including phenoxy) is 1. The molecule has 1 atom stereocenters. The smallest absolute Gasteiger partial charge is 0.331 e. The average molecular weight is 365 g/mol. The quantitative estimate of drug-likeness (QED) is 0.425. The van der Waals surface area contributed by atoms with Crippen LogP contribution in [0.15, 0.2) is 30.3 Å². The van der Waals surface area contributed by atoms with Crippen LogP contribution in [0, 0.1) is 20.8 Å². The molecule has 0 unspecified atom stereocenters. The van der Waals surface area contributed by atoms with Crippen molar-refractivity contribution >= 4 is 28.7 Å². The molecule has 2 aromatic heterocycles. The summed E-state index contributed by atoms with van der Waals surface area (Å²) in [6, 6.07) is 7.58. The first-order chi connectivity index (χ1) is 12.8. The Bertz CT molecular complexity index is 1060. The molecule has 0 saturated heterocycles. The van der Waals surface area contributed by atoms with Crippen LogP contribution in [-0.4, -0.2) is 32.6 Å². The van der Waals surface area contributed by atoms with Crippen molar-refractivity contribution in [3.63, 3.8) is 0 Å². The molecule has 3 aromatic rings. The maximum Gasteiger partial charge on any atom is 0.331 e.